The summed E-state index contributed by atoms with van der Waals surface area (Å²) in [6.45, 7) is 1.85. The third kappa shape index (κ3) is 3.85. The molecule has 1 amide bonds. The number of pyridine rings is 1. The summed E-state index contributed by atoms with van der Waals surface area (Å²) < 4.78 is 28.1. The molecule has 0 atom stereocenters. The number of aromatic nitrogens is 3. The van der Waals surface area contributed by atoms with Gasteiger partial charge in [-0.1, -0.05) is 0 Å². The topological polar surface area (TPSA) is 71.8 Å². The molecule has 0 unspecified atom stereocenters. The Hall–Kier alpha value is -3.29. The maximum Gasteiger partial charge on any atom is 0.225 e. The number of aryl methyl sites for hydroxylation is 1. The van der Waals surface area contributed by atoms with Gasteiger partial charge in [0.15, 0.2) is 17.5 Å². The Morgan fingerprint density at radius 2 is 1.96 bits per heavy atom. The van der Waals surface area contributed by atoms with Crippen molar-refractivity contribution in [3.8, 4) is 5.69 Å². The van der Waals surface area contributed by atoms with Crippen LogP contribution in [0.5, 0.6) is 0 Å². The lowest BCUT2D eigenvalue weighted by Gasteiger charge is -2.07. The molecule has 0 radical (unpaired) electrons. The Balaban J connectivity index is 1.97. The van der Waals surface area contributed by atoms with Crippen LogP contribution in [0.4, 0.5) is 20.3 Å². The molecule has 2 N–H and O–H groups in total. The van der Waals surface area contributed by atoms with Gasteiger partial charge in [-0.05, 0) is 31.2 Å². The van der Waals surface area contributed by atoms with Gasteiger partial charge in [0.1, 0.15) is 0 Å². The number of benzene rings is 1. The molecule has 0 saturated carbocycles. The summed E-state index contributed by atoms with van der Waals surface area (Å²) in [7, 11) is 1.56. The second kappa shape index (κ2) is 7.30. The largest absolute Gasteiger partial charge is 0.359 e. The van der Waals surface area contributed by atoms with Crippen LogP contribution >= 0.6 is 0 Å². The van der Waals surface area contributed by atoms with Crippen LogP contribution in [0.25, 0.3) is 5.69 Å². The van der Waals surface area contributed by atoms with Crippen molar-refractivity contribution >= 4 is 17.4 Å². The van der Waals surface area contributed by atoms with Crippen molar-refractivity contribution in [3.63, 3.8) is 0 Å². The van der Waals surface area contributed by atoms with E-state index in [9.17, 15) is 13.6 Å². The first-order chi connectivity index (χ1) is 12.5. The predicted molar refractivity (Wildman–Crippen MR) is 93.5 cm³/mol. The zero-order chi connectivity index (χ0) is 18.7. The van der Waals surface area contributed by atoms with Crippen molar-refractivity contribution in [1.82, 2.24) is 20.1 Å². The van der Waals surface area contributed by atoms with Crippen molar-refractivity contribution in [2.45, 2.75) is 13.3 Å². The highest BCUT2D eigenvalue weighted by molar-refractivity contribution is 5.78. The first kappa shape index (κ1) is 17.5. The van der Waals surface area contributed by atoms with E-state index in [4.69, 9.17) is 0 Å². The van der Waals surface area contributed by atoms with E-state index in [1.165, 1.54) is 6.07 Å². The van der Waals surface area contributed by atoms with Gasteiger partial charge in [0, 0.05) is 36.8 Å². The molecule has 0 aliphatic carbocycles. The number of nitrogens with one attached hydrogen (secondary N) is 2. The Bertz CT molecular complexity index is 955. The first-order valence-corrected chi connectivity index (χ1v) is 7.91. The summed E-state index contributed by atoms with van der Waals surface area (Å²) in [6.07, 6.45) is 1.77. The summed E-state index contributed by atoms with van der Waals surface area (Å²) in [4.78, 5) is 16.0. The smallest absolute Gasteiger partial charge is 0.225 e. The number of amides is 1. The second-order valence-corrected chi connectivity index (χ2v) is 5.69. The summed E-state index contributed by atoms with van der Waals surface area (Å²) in [5.41, 5.74) is 2.54. The van der Waals surface area contributed by atoms with Crippen LogP contribution in [-0.2, 0) is 11.2 Å². The number of nitrogens with zero attached hydrogens (tertiary/aromatic N) is 3. The zero-order valence-corrected chi connectivity index (χ0v) is 14.3. The number of rotatable bonds is 5. The Morgan fingerprint density at radius 3 is 2.65 bits per heavy atom. The average Bonchev–Trinajstić information content (AvgIpc) is 3.00. The predicted octanol–water partition coefficient (Wildman–Crippen LogP) is 2.89. The molecule has 134 valence electrons. The summed E-state index contributed by atoms with van der Waals surface area (Å²) in [5, 5.41) is 9.93. The molecule has 0 spiro atoms. The van der Waals surface area contributed by atoms with Crippen LogP contribution in [0.2, 0.25) is 0 Å². The van der Waals surface area contributed by atoms with E-state index in [1.54, 1.807) is 30.1 Å². The van der Waals surface area contributed by atoms with Crippen LogP contribution in [0.15, 0.2) is 42.6 Å². The molecular weight excluding hydrogens is 340 g/mol. The number of anilines is 2. The fourth-order valence-corrected chi connectivity index (χ4v) is 2.47. The minimum atomic E-state index is -0.954. The quantitative estimate of drug-likeness (QED) is 0.737. The van der Waals surface area contributed by atoms with Crippen molar-refractivity contribution in [1.29, 1.82) is 0 Å². The number of likely N-dealkylation sites (N-methyl/N-ethyl adjacent to an activating group) is 1. The molecule has 2 aromatic heterocycles. The maximum absolute atomic E-state index is 13.4. The number of halogens is 2. The zero-order valence-electron chi connectivity index (χ0n) is 14.3. The van der Waals surface area contributed by atoms with Crippen LogP contribution in [0.1, 0.15) is 11.4 Å². The third-order valence-corrected chi connectivity index (χ3v) is 3.72. The average molecular weight is 357 g/mol. The summed E-state index contributed by atoms with van der Waals surface area (Å²) in [6, 6.07) is 8.78. The maximum atomic E-state index is 13.4. The third-order valence-electron chi connectivity index (χ3n) is 3.72. The van der Waals surface area contributed by atoms with Crippen LogP contribution in [0.3, 0.4) is 0 Å². The standard InChI is InChI=1S/C18H17F2N5O/c1-11-7-13(5-6-22-11)25-14(10-18(26)21-2)9-17(24-25)23-12-3-4-15(19)16(20)8-12/h3-9H,10H2,1-2H3,(H,21,26)(H,23,24). The van der Waals surface area contributed by atoms with Crippen molar-refractivity contribution in [3.05, 3.63) is 65.6 Å². The Kier molecular flexibility index (Phi) is 4.92. The monoisotopic (exact) mass is 357 g/mol. The van der Waals surface area contributed by atoms with Gasteiger partial charge in [0.25, 0.3) is 0 Å². The fourth-order valence-electron chi connectivity index (χ4n) is 2.47. The summed E-state index contributed by atoms with van der Waals surface area (Å²) in [5.74, 6) is -1.64. The second-order valence-electron chi connectivity index (χ2n) is 5.69. The highest BCUT2D eigenvalue weighted by Crippen LogP contribution is 2.21. The van der Waals surface area contributed by atoms with Crippen LogP contribution < -0.4 is 10.6 Å². The van der Waals surface area contributed by atoms with Gasteiger partial charge in [0.05, 0.1) is 17.8 Å². The van der Waals surface area contributed by atoms with Gasteiger partial charge in [-0.25, -0.2) is 13.5 Å². The van der Waals surface area contributed by atoms with E-state index in [0.29, 0.717) is 17.2 Å². The molecule has 6 nitrogen and oxygen atoms in total. The Labute approximate surface area is 148 Å². The molecule has 3 rings (SSSR count). The number of hydrogen-bond acceptors (Lipinski definition) is 4. The van der Waals surface area contributed by atoms with Gasteiger partial charge < -0.3 is 10.6 Å². The Morgan fingerprint density at radius 1 is 1.15 bits per heavy atom. The molecule has 0 saturated heterocycles. The van der Waals surface area contributed by atoms with E-state index in [-0.39, 0.29) is 12.3 Å². The molecule has 0 bridgehead atoms. The minimum absolute atomic E-state index is 0.115. The molecule has 1 aromatic carbocycles. The van der Waals surface area contributed by atoms with E-state index in [2.05, 4.69) is 20.7 Å². The van der Waals surface area contributed by atoms with E-state index < -0.39 is 11.6 Å². The first-order valence-electron chi connectivity index (χ1n) is 7.91. The SMILES string of the molecule is CNC(=O)Cc1cc(Nc2ccc(F)c(F)c2)nn1-c1ccnc(C)c1. The highest BCUT2D eigenvalue weighted by Gasteiger charge is 2.14. The van der Waals surface area contributed by atoms with Gasteiger partial charge in [-0.15, -0.1) is 5.10 Å². The van der Waals surface area contributed by atoms with Gasteiger partial charge in [-0.3, -0.25) is 9.78 Å². The molecule has 2 heterocycles. The lowest BCUT2D eigenvalue weighted by Crippen LogP contribution is -2.21. The molecule has 26 heavy (non-hydrogen) atoms. The van der Waals surface area contributed by atoms with Gasteiger partial charge in [-0.2, -0.15) is 0 Å². The summed E-state index contributed by atoms with van der Waals surface area (Å²) >= 11 is 0. The fraction of sp³-hybridized carbons (Fsp3) is 0.167. The normalized spacial score (nSPS) is 10.6. The molecular formula is C18H17F2N5O. The number of carbonyl (C=O) groups excluding carboxylic acids is 1. The molecule has 0 fully saturated rings. The van der Waals surface area contributed by atoms with E-state index >= 15 is 0 Å². The molecule has 8 heteroatoms. The van der Waals surface area contributed by atoms with Crippen LogP contribution in [0, 0.1) is 18.6 Å². The van der Waals surface area contributed by atoms with E-state index in [0.717, 1.165) is 23.5 Å². The van der Waals surface area contributed by atoms with Crippen LogP contribution in [-0.4, -0.2) is 27.7 Å². The lowest BCUT2D eigenvalue weighted by atomic mass is 10.2. The van der Waals surface area contributed by atoms with Crippen molar-refractivity contribution in [2.24, 2.45) is 0 Å². The molecule has 0 aliphatic rings. The molecule has 0 aliphatic heterocycles. The van der Waals surface area contributed by atoms with Gasteiger partial charge >= 0.3 is 0 Å². The molecule has 3 aromatic rings. The van der Waals surface area contributed by atoms with Crippen molar-refractivity contribution in [2.75, 3.05) is 12.4 Å². The lowest BCUT2D eigenvalue weighted by molar-refractivity contribution is -0.120. The minimum Gasteiger partial charge on any atom is -0.359 e. The number of carbonyl (C=O) groups is 1. The van der Waals surface area contributed by atoms with Gasteiger partial charge in [0.2, 0.25) is 5.91 Å². The van der Waals surface area contributed by atoms with Crippen molar-refractivity contribution < 1.29 is 13.6 Å². The highest BCUT2D eigenvalue weighted by atomic mass is 19.2. The number of hydrogen-bond donors (Lipinski definition) is 2. The van der Waals surface area contributed by atoms with E-state index in [1.807, 2.05) is 13.0 Å².